The highest BCUT2D eigenvalue weighted by Gasteiger charge is 2.08. The number of hydrogen-bond donors (Lipinski definition) is 2. The summed E-state index contributed by atoms with van der Waals surface area (Å²) in [5, 5.41) is 14.1. The van der Waals surface area contributed by atoms with Gasteiger partial charge in [0.2, 0.25) is 0 Å². The second kappa shape index (κ2) is 9.78. The maximum absolute atomic E-state index is 9.95. The van der Waals surface area contributed by atoms with E-state index in [1.54, 1.807) is 44.8 Å². The molecule has 0 fully saturated rings. The predicted molar refractivity (Wildman–Crippen MR) is 126 cm³/mol. The van der Waals surface area contributed by atoms with Gasteiger partial charge in [0.15, 0.2) is 5.82 Å². The third-order valence-corrected chi connectivity index (χ3v) is 4.95. The summed E-state index contributed by atoms with van der Waals surface area (Å²) in [5.74, 6) is 2.80. The van der Waals surface area contributed by atoms with Crippen molar-refractivity contribution in [3.63, 3.8) is 0 Å². The lowest BCUT2D eigenvalue weighted by Crippen LogP contribution is -2.08. The summed E-state index contributed by atoms with van der Waals surface area (Å²) in [6, 6.07) is 14.7. The largest absolute Gasteiger partial charge is 0.508 e. The topological polar surface area (TPSA) is 89.4 Å². The van der Waals surface area contributed by atoms with E-state index in [0.29, 0.717) is 29.7 Å². The summed E-state index contributed by atoms with van der Waals surface area (Å²) >= 11 is 0. The highest BCUT2D eigenvalue weighted by molar-refractivity contribution is 5.91. The first kappa shape index (κ1) is 21.1. The minimum atomic E-state index is 0.171. The molecule has 0 aliphatic rings. The van der Waals surface area contributed by atoms with E-state index >= 15 is 0 Å². The quantitative estimate of drug-likeness (QED) is 0.425. The minimum Gasteiger partial charge on any atom is -0.508 e. The number of methoxy groups -OCH3 is 2. The molecule has 2 aromatic carbocycles. The van der Waals surface area contributed by atoms with Crippen molar-refractivity contribution in [2.45, 2.75) is 6.42 Å². The number of ether oxygens (including phenoxy) is 2. The Bertz CT molecular complexity index is 1220. The number of benzene rings is 2. The molecule has 0 amide bonds. The summed E-state index contributed by atoms with van der Waals surface area (Å²) < 4.78 is 10.7. The first-order valence-corrected chi connectivity index (χ1v) is 10.2. The lowest BCUT2D eigenvalue weighted by Gasteiger charge is -2.10. The Balaban J connectivity index is 1.62. The van der Waals surface area contributed by atoms with Crippen LogP contribution >= 0.6 is 0 Å². The summed E-state index contributed by atoms with van der Waals surface area (Å²) in [6.45, 7) is 0.683. The van der Waals surface area contributed by atoms with Crippen LogP contribution in [0.4, 0.5) is 5.82 Å². The first-order valence-electron chi connectivity index (χ1n) is 10.2. The van der Waals surface area contributed by atoms with Gasteiger partial charge in [0.05, 0.1) is 19.7 Å². The van der Waals surface area contributed by atoms with Gasteiger partial charge in [-0.25, -0.2) is 9.97 Å². The average Bonchev–Trinajstić information content (AvgIpc) is 2.83. The Morgan fingerprint density at radius 2 is 1.66 bits per heavy atom. The summed E-state index contributed by atoms with van der Waals surface area (Å²) in [7, 11) is 3.24. The van der Waals surface area contributed by atoms with Crippen molar-refractivity contribution in [3.8, 4) is 17.2 Å². The van der Waals surface area contributed by atoms with Gasteiger partial charge in [-0.1, -0.05) is 6.08 Å². The molecule has 4 aromatic rings. The lowest BCUT2D eigenvalue weighted by molar-refractivity contribution is 0.394. The highest BCUT2D eigenvalue weighted by atomic mass is 16.5. The molecule has 162 valence electrons. The van der Waals surface area contributed by atoms with Gasteiger partial charge in [-0.2, -0.15) is 0 Å². The Hall–Kier alpha value is -4.13. The summed E-state index contributed by atoms with van der Waals surface area (Å²) in [5.41, 5.74) is 2.83. The molecular formula is C25H24N4O3. The number of anilines is 1. The van der Waals surface area contributed by atoms with Crippen LogP contribution in [0.2, 0.25) is 0 Å². The number of nitrogens with one attached hydrogen (secondary N) is 1. The molecule has 32 heavy (non-hydrogen) atoms. The standard InChI is InChI=1S/C25H24N4O3/c1-31-20-13-18(14-21(16-20)32-2)3-6-24-28-23-5-4-19(30)15-22(23)25(29-24)27-12-9-17-7-10-26-11-8-17/h3-8,10-11,13-16,30H,9,12H2,1-2H3,(H,27,28,29)/b6-3+. The molecule has 0 radical (unpaired) electrons. The second-order valence-corrected chi connectivity index (χ2v) is 7.14. The van der Waals surface area contributed by atoms with Crippen LogP contribution in [0.5, 0.6) is 17.2 Å². The van der Waals surface area contributed by atoms with Crippen LogP contribution in [0.15, 0.2) is 60.9 Å². The molecule has 7 heteroatoms. The van der Waals surface area contributed by atoms with Gasteiger partial charge >= 0.3 is 0 Å². The molecular weight excluding hydrogens is 404 g/mol. The molecule has 0 saturated heterocycles. The van der Waals surface area contributed by atoms with Crippen molar-refractivity contribution in [2.24, 2.45) is 0 Å². The lowest BCUT2D eigenvalue weighted by atomic mass is 10.1. The third kappa shape index (κ3) is 5.13. The number of phenols is 1. The van der Waals surface area contributed by atoms with Crippen molar-refractivity contribution in [3.05, 3.63) is 77.9 Å². The summed E-state index contributed by atoms with van der Waals surface area (Å²) in [6.07, 6.45) is 8.14. The first-order chi connectivity index (χ1) is 15.6. The van der Waals surface area contributed by atoms with Crippen molar-refractivity contribution < 1.29 is 14.6 Å². The average molecular weight is 428 g/mol. The molecule has 0 aliphatic carbocycles. The predicted octanol–water partition coefficient (Wildman–Crippen LogP) is 4.57. The number of nitrogens with zero attached hydrogens (tertiary/aromatic N) is 3. The molecule has 0 saturated carbocycles. The Morgan fingerprint density at radius 1 is 0.906 bits per heavy atom. The van der Waals surface area contributed by atoms with Gasteiger partial charge in [-0.05, 0) is 66.1 Å². The smallest absolute Gasteiger partial charge is 0.154 e. The highest BCUT2D eigenvalue weighted by Crippen LogP contribution is 2.26. The third-order valence-electron chi connectivity index (χ3n) is 4.95. The van der Waals surface area contributed by atoms with Gasteiger partial charge in [0, 0.05) is 30.4 Å². The molecule has 0 unspecified atom stereocenters. The van der Waals surface area contributed by atoms with Crippen LogP contribution in [0.25, 0.3) is 23.1 Å². The van der Waals surface area contributed by atoms with Crippen molar-refractivity contribution in [1.82, 2.24) is 15.0 Å². The zero-order valence-electron chi connectivity index (χ0n) is 17.9. The van der Waals surface area contributed by atoms with Crippen LogP contribution in [-0.4, -0.2) is 40.8 Å². The molecule has 0 atom stereocenters. The minimum absolute atomic E-state index is 0.171. The SMILES string of the molecule is COc1cc(/C=C/c2nc(NCCc3ccncc3)c3cc(O)ccc3n2)cc(OC)c1. The Labute approximate surface area is 186 Å². The molecule has 7 nitrogen and oxygen atoms in total. The monoisotopic (exact) mass is 428 g/mol. The van der Waals surface area contributed by atoms with Crippen molar-refractivity contribution >= 4 is 28.9 Å². The number of pyridine rings is 1. The zero-order valence-corrected chi connectivity index (χ0v) is 17.9. The summed E-state index contributed by atoms with van der Waals surface area (Å²) in [4.78, 5) is 13.4. The van der Waals surface area contributed by atoms with Crippen LogP contribution in [0, 0.1) is 0 Å². The maximum atomic E-state index is 9.95. The number of rotatable bonds is 8. The van der Waals surface area contributed by atoms with Crippen LogP contribution < -0.4 is 14.8 Å². The molecule has 0 bridgehead atoms. The Kier molecular flexibility index (Phi) is 6.46. The zero-order chi connectivity index (χ0) is 22.3. The number of aromatic nitrogens is 3. The fraction of sp³-hybridized carbons (Fsp3) is 0.160. The number of hydrogen-bond acceptors (Lipinski definition) is 7. The van der Waals surface area contributed by atoms with E-state index < -0.39 is 0 Å². The number of aromatic hydroxyl groups is 1. The molecule has 4 rings (SSSR count). The van der Waals surface area contributed by atoms with Gasteiger partial charge in [-0.15, -0.1) is 0 Å². The van der Waals surface area contributed by atoms with E-state index in [0.717, 1.165) is 22.9 Å². The van der Waals surface area contributed by atoms with Gasteiger partial charge in [0.25, 0.3) is 0 Å². The van der Waals surface area contributed by atoms with Crippen LogP contribution in [0.3, 0.4) is 0 Å². The van der Waals surface area contributed by atoms with Crippen molar-refractivity contribution in [1.29, 1.82) is 0 Å². The van der Waals surface area contributed by atoms with Crippen LogP contribution in [0.1, 0.15) is 17.0 Å². The van der Waals surface area contributed by atoms with Gasteiger partial charge < -0.3 is 19.9 Å². The fourth-order valence-corrected chi connectivity index (χ4v) is 3.31. The molecule has 2 heterocycles. The molecule has 0 aliphatic heterocycles. The van der Waals surface area contributed by atoms with Crippen LogP contribution in [-0.2, 0) is 6.42 Å². The van der Waals surface area contributed by atoms with Crippen molar-refractivity contribution in [2.75, 3.05) is 26.1 Å². The normalized spacial score (nSPS) is 11.1. The Morgan fingerprint density at radius 3 is 2.38 bits per heavy atom. The van der Waals surface area contributed by atoms with E-state index in [1.165, 1.54) is 5.56 Å². The molecule has 2 aromatic heterocycles. The van der Waals surface area contributed by atoms with E-state index in [9.17, 15) is 5.11 Å². The maximum Gasteiger partial charge on any atom is 0.154 e. The second-order valence-electron chi connectivity index (χ2n) is 7.14. The van der Waals surface area contributed by atoms with E-state index in [4.69, 9.17) is 9.47 Å². The van der Waals surface area contributed by atoms with Gasteiger partial charge in [-0.3, -0.25) is 4.98 Å². The fourth-order valence-electron chi connectivity index (χ4n) is 3.31. The van der Waals surface area contributed by atoms with E-state index in [-0.39, 0.29) is 5.75 Å². The number of fused-ring (bicyclic) bond motifs is 1. The molecule has 2 N–H and O–H groups in total. The van der Waals surface area contributed by atoms with E-state index in [2.05, 4.69) is 20.3 Å². The van der Waals surface area contributed by atoms with Gasteiger partial charge in [0.1, 0.15) is 23.1 Å². The molecule has 0 spiro atoms. The van der Waals surface area contributed by atoms with E-state index in [1.807, 2.05) is 42.5 Å². The number of phenolic OH excluding ortho intramolecular Hbond substituents is 1.